The van der Waals surface area contributed by atoms with E-state index in [2.05, 4.69) is 35.5 Å². The number of hydrogen-bond donors (Lipinski definition) is 1. The lowest BCUT2D eigenvalue weighted by atomic mass is 9.85. The summed E-state index contributed by atoms with van der Waals surface area (Å²) < 4.78 is 11.4. The molecule has 176 valence electrons. The molecule has 2 aliphatic heterocycles. The lowest BCUT2D eigenvalue weighted by molar-refractivity contribution is 0.0679. The summed E-state index contributed by atoms with van der Waals surface area (Å²) in [6.45, 7) is 2.60. The van der Waals surface area contributed by atoms with Crippen LogP contribution in [0, 0.1) is 0 Å². The first-order valence-corrected chi connectivity index (χ1v) is 12.6. The molecule has 3 atom stereocenters. The van der Waals surface area contributed by atoms with Crippen molar-refractivity contribution in [3.63, 3.8) is 0 Å². The maximum absolute atomic E-state index is 12.8. The predicted octanol–water partition coefficient (Wildman–Crippen LogP) is 4.69. The monoisotopic (exact) mass is 448 g/mol. The summed E-state index contributed by atoms with van der Waals surface area (Å²) in [5, 5.41) is 3.25. The Balaban J connectivity index is 1.15. The van der Waals surface area contributed by atoms with Gasteiger partial charge in [-0.15, -0.1) is 0 Å². The summed E-state index contributed by atoms with van der Waals surface area (Å²) in [6.07, 6.45) is 9.18. The van der Waals surface area contributed by atoms with E-state index in [1.54, 1.807) is 0 Å². The van der Waals surface area contributed by atoms with Gasteiger partial charge in [0.25, 0.3) is 5.91 Å². The van der Waals surface area contributed by atoms with E-state index in [4.69, 9.17) is 9.47 Å². The van der Waals surface area contributed by atoms with E-state index < -0.39 is 0 Å². The predicted molar refractivity (Wildman–Crippen MR) is 130 cm³/mol. The van der Waals surface area contributed by atoms with Crippen molar-refractivity contribution >= 4 is 5.91 Å². The largest absolute Gasteiger partial charge is 0.491 e. The Hall–Kier alpha value is -2.37. The second-order valence-corrected chi connectivity index (χ2v) is 9.90. The van der Waals surface area contributed by atoms with Gasteiger partial charge in [-0.25, -0.2) is 0 Å². The molecule has 0 spiro atoms. The Kier molecular flexibility index (Phi) is 6.98. The third-order valence-corrected chi connectivity index (χ3v) is 7.53. The topological polar surface area (TPSA) is 50.8 Å². The molecule has 1 N–H and O–H groups in total. The Morgan fingerprint density at radius 3 is 2.73 bits per heavy atom. The first-order valence-electron chi connectivity index (χ1n) is 12.6. The number of piperidine rings is 1. The molecule has 0 saturated carbocycles. The van der Waals surface area contributed by atoms with Gasteiger partial charge in [0, 0.05) is 24.3 Å². The molecule has 0 aromatic heterocycles. The smallest absolute Gasteiger partial charge is 0.251 e. The normalized spacial score (nSPS) is 25.4. The van der Waals surface area contributed by atoms with E-state index in [0.29, 0.717) is 18.2 Å². The van der Waals surface area contributed by atoms with Crippen molar-refractivity contribution in [1.29, 1.82) is 0 Å². The number of amides is 1. The van der Waals surface area contributed by atoms with Crippen LogP contribution >= 0.6 is 0 Å². The molecule has 2 fully saturated rings. The van der Waals surface area contributed by atoms with Gasteiger partial charge in [0.2, 0.25) is 0 Å². The van der Waals surface area contributed by atoms with Crippen LogP contribution in [0.2, 0.25) is 0 Å². The van der Waals surface area contributed by atoms with Crippen LogP contribution < -0.4 is 10.1 Å². The van der Waals surface area contributed by atoms with E-state index in [0.717, 1.165) is 44.5 Å². The second kappa shape index (κ2) is 10.3. The van der Waals surface area contributed by atoms with Crippen LogP contribution in [0.3, 0.4) is 0 Å². The Morgan fingerprint density at radius 1 is 1.06 bits per heavy atom. The quantitative estimate of drug-likeness (QED) is 0.697. The van der Waals surface area contributed by atoms with Crippen LogP contribution in [-0.4, -0.2) is 49.8 Å². The molecule has 5 rings (SSSR count). The van der Waals surface area contributed by atoms with Crippen molar-refractivity contribution in [1.82, 2.24) is 10.2 Å². The molecule has 5 nitrogen and oxygen atoms in total. The number of benzene rings is 2. The average Bonchev–Trinajstić information content (AvgIpc) is 3.37. The minimum Gasteiger partial charge on any atom is -0.491 e. The highest BCUT2D eigenvalue weighted by Gasteiger charge is 2.25. The maximum atomic E-state index is 12.8. The number of nitrogens with zero attached hydrogens (tertiary/aromatic N) is 1. The molecule has 2 aromatic rings. The summed E-state index contributed by atoms with van der Waals surface area (Å²) in [6, 6.07) is 15.2. The van der Waals surface area contributed by atoms with Gasteiger partial charge in [-0.1, -0.05) is 24.6 Å². The zero-order chi connectivity index (χ0) is 22.6. The van der Waals surface area contributed by atoms with Gasteiger partial charge in [0.1, 0.15) is 12.4 Å². The van der Waals surface area contributed by atoms with Crippen molar-refractivity contribution in [2.24, 2.45) is 0 Å². The number of fused-ring (bicyclic) bond motifs is 1. The van der Waals surface area contributed by atoms with Crippen LogP contribution in [0.4, 0.5) is 0 Å². The molecule has 2 saturated heterocycles. The molecule has 1 amide bonds. The minimum absolute atomic E-state index is 0.00502. The van der Waals surface area contributed by atoms with Crippen LogP contribution in [0.1, 0.15) is 71.6 Å². The van der Waals surface area contributed by atoms with Crippen molar-refractivity contribution in [2.75, 3.05) is 26.8 Å². The molecule has 5 heteroatoms. The number of carbonyl (C=O) groups is 1. The Bertz CT molecular complexity index is 952. The van der Waals surface area contributed by atoms with Gasteiger partial charge in [-0.05, 0) is 99.5 Å². The maximum Gasteiger partial charge on any atom is 0.251 e. The van der Waals surface area contributed by atoms with E-state index >= 15 is 0 Å². The zero-order valence-corrected chi connectivity index (χ0v) is 19.7. The third kappa shape index (κ3) is 5.42. The van der Waals surface area contributed by atoms with Gasteiger partial charge < -0.3 is 14.8 Å². The number of carbonyl (C=O) groups excluding carboxylic acids is 1. The fourth-order valence-corrected chi connectivity index (χ4v) is 5.54. The van der Waals surface area contributed by atoms with Gasteiger partial charge in [0.15, 0.2) is 0 Å². The number of likely N-dealkylation sites (tertiary alicyclic amines) is 1. The first-order chi connectivity index (χ1) is 16.2. The highest BCUT2D eigenvalue weighted by atomic mass is 16.5. The SMILES string of the molecule is CN1CCCCC1c1ccc2c(c1)CC[C@H](NC(=O)c1ccc(OC[C@@H]3CCCO3)cc1)C2. The highest BCUT2D eigenvalue weighted by molar-refractivity contribution is 5.94. The number of ether oxygens (including phenoxy) is 2. The number of rotatable bonds is 6. The van der Waals surface area contributed by atoms with Crippen LogP contribution in [-0.2, 0) is 17.6 Å². The summed E-state index contributed by atoms with van der Waals surface area (Å²) in [5.41, 5.74) is 4.98. The van der Waals surface area contributed by atoms with Gasteiger partial charge in [-0.2, -0.15) is 0 Å². The summed E-state index contributed by atoms with van der Waals surface area (Å²) in [7, 11) is 2.25. The van der Waals surface area contributed by atoms with Crippen molar-refractivity contribution in [3.05, 3.63) is 64.7 Å². The van der Waals surface area contributed by atoms with Gasteiger partial charge in [-0.3, -0.25) is 9.69 Å². The van der Waals surface area contributed by atoms with Crippen LogP contribution in [0.25, 0.3) is 0 Å². The molecule has 33 heavy (non-hydrogen) atoms. The van der Waals surface area contributed by atoms with E-state index in [1.807, 2.05) is 24.3 Å². The summed E-state index contributed by atoms with van der Waals surface area (Å²) in [5.74, 6) is 0.780. The lowest BCUT2D eigenvalue weighted by Crippen LogP contribution is -2.39. The van der Waals surface area contributed by atoms with Crippen LogP contribution in [0.5, 0.6) is 5.75 Å². The van der Waals surface area contributed by atoms with Crippen molar-refractivity contribution in [3.8, 4) is 5.75 Å². The molecule has 1 unspecified atom stereocenters. The van der Waals surface area contributed by atoms with Gasteiger partial charge in [0.05, 0.1) is 6.10 Å². The number of nitrogens with one attached hydrogen (secondary N) is 1. The number of hydrogen-bond acceptors (Lipinski definition) is 4. The van der Waals surface area contributed by atoms with E-state index in [-0.39, 0.29) is 18.1 Å². The van der Waals surface area contributed by atoms with Crippen molar-refractivity contribution in [2.45, 2.75) is 69.6 Å². The fourth-order valence-electron chi connectivity index (χ4n) is 5.54. The summed E-state index contributed by atoms with van der Waals surface area (Å²) >= 11 is 0. The average molecular weight is 449 g/mol. The Morgan fingerprint density at radius 2 is 1.94 bits per heavy atom. The first kappa shape index (κ1) is 22.4. The molecule has 3 aliphatic rings. The molecular weight excluding hydrogens is 412 g/mol. The second-order valence-electron chi connectivity index (χ2n) is 9.90. The molecule has 0 bridgehead atoms. The molecule has 2 heterocycles. The molecule has 1 aliphatic carbocycles. The van der Waals surface area contributed by atoms with E-state index in [1.165, 1.54) is 42.5 Å². The molecule has 0 radical (unpaired) electrons. The third-order valence-electron chi connectivity index (χ3n) is 7.53. The van der Waals surface area contributed by atoms with E-state index in [9.17, 15) is 4.79 Å². The summed E-state index contributed by atoms with van der Waals surface area (Å²) in [4.78, 5) is 15.3. The standard InChI is InChI=1S/C28H36N2O3/c1-30-15-3-2-6-27(30)23-8-7-22-18-24(12-9-21(22)17-23)29-28(31)20-10-13-25(14-11-20)33-19-26-5-4-16-32-26/h7-8,10-11,13-14,17,24,26-27H,2-6,9,12,15-16,18-19H2,1H3,(H,29,31)/t24-,26-,27?/m0/s1. The lowest BCUT2D eigenvalue weighted by Gasteiger charge is -2.34. The van der Waals surface area contributed by atoms with Crippen LogP contribution in [0.15, 0.2) is 42.5 Å². The highest BCUT2D eigenvalue weighted by Crippen LogP contribution is 2.32. The van der Waals surface area contributed by atoms with Gasteiger partial charge >= 0.3 is 0 Å². The van der Waals surface area contributed by atoms with Crippen molar-refractivity contribution < 1.29 is 14.3 Å². The minimum atomic E-state index is -0.00502. The zero-order valence-electron chi connectivity index (χ0n) is 19.7. The molecule has 2 aromatic carbocycles. The fraction of sp³-hybridized carbons (Fsp3) is 0.536. The number of aryl methyl sites for hydroxylation is 1. The Labute approximate surface area is 197 Å². The molecular formula is C28H36N2O3.